The van der Waals surface area contributed by atoms with Crippen molar-refractivity contribution in [2.24, 2.45) is 0 Å². The molecule has 5 nitrogen and oxygen atoms in total. The molecule has 1 unspecified atom stereocenters. The van der Waals surface area contributed by atoms with Crippen LogP contribution >= 0.6 is 11.6 Å². The van der Waals surface area contributed by atoms with Crippen molar-refractivity contribution in [2.45, 2.75) is 19.0 Å². The second kappa shape index (κ2) is 9.85. The summed E-state index contributed by atoms with van der Waals surface area (Å²) < 4.78 is 0. The van der Waals surface area contributed by atoms with Crippen LogP contribution in [0.15, 0.2) is 79.0 Å². The highest BCUT2D eigenvalue weighted by Crippen LogP contribution is 2.19. The number of hydrogen-bond donors (Lipinski definition) is 1. The Kier molecular flexibility index (Phi) is 6.98. The van der Waals surface area contributed by atoms with Crippen molar-refractivity contribution in [3.8, 4) is 0 Å². The molecule has 0 aliphatic carbocycles. The number of aromatic nitrogens is 1. The van der Waals surface area contributed by atoms with Gasteiger partial charge in [-0.3, -0.25) is 9.59 Å². The molecular formula is C23H22ClN3O2. The second-order valence-electron chi connectivity index (χ2n) is 6.75. The van der Waals surface area contributed by atoms with E-state index in [1.165, 1.54) is 0 Å². The van der Waals surface area contributed by atoms with Crippen LogP contribution in [-0.4, -0.2) is 28.7 Å². The number of amides is 2. The fourth-order valence-corrected chi connectivity index (χ4v) is 3.07. The lowest BCUT2D eigenvalue weighted by molar-refractivity contribution is -0.130. The fraction of sp³-hybridized carbons (Fsp3) is 0.174. The van der Waals surface area contributed by atoms with Crippen LogP contribution in [0.4, 0.5) is 0 Å². The summed E-state index contributed by atoms with van der Waals surface area (Å²) >= 11 is 5.81. The summed E-state index contributed by atoms with van der Waals surface area (Å²) in [6.45, 7) is 0.414. The quantitative estimate of drug-likeness (QED) is 0.595. The minimum Gasteiger partial charge on any atom is -0.345 e. The Morgan fingerprint density at radius 1 is 1.00 bits per heavy atom. The van der Waals surface area contributed by atoms with E-state index in [1.54, 1.807) is 36.3 Å². The van der Waals surface area contributed by atoms with Crippen LogP contribution in [-0.2, 0) is 11.3 Å². The summed E-state index contributed by atoms with van der Waals surface area (Å²) in [5, 5.41) is 3.40. The van der Waals surface area contributed by atoms with E-state index in [4.69, 9.17) is 11.6 Å². The zero-order chi connectivity index (χ0) is 20.6. The topological polar surface area (TPSA) is 62.3 Å². The summed E-state index contributed by atoms with van der Waals surface area (Å²) in [6, 6.07) is 21.6. The molecule has 0 aliphatic heterocycles. The van der Waals surface area contributed by atoms with Crippen LogP contribution in [0.2, 0.25) is 5.15 Å². The van der Waals surface area contributed by atoms with Gasteiger partial charge in [0.2, 0.25) is 5.91 Å². The van der Waals surface area contributed by atoms with Crippen LogP contribution in [0.1, 0.15) is 33.9 Å². The molecule has 0 radical (unpaired) electrons. The van der Waals surface area contributed by atoms with Gasteiger partial charge >= 0.3 is 0 Å². The van der Waals surface area contributed by atoms with Gasteiger partial charge < -0.3 is 10.2 Å². The zero-order valence-electron chi connectivity index (χ0n) is 16.1. The van der Waals surface area contributed by atoms with Crippen LogP contribution < -0.4 is 5.32 Å². The highest BCUT2D eigenvalue weighted by Gasteiger charge is 2.21. The largest absolute Gasteiger partial charge is 0.345 e. The first-order valence-electron chi connectivity index (χ1n) is 9.28. The van der Waals surface area contributed by atoms with Gasteiger partial charge in [0, 0.05) is 25.4 Å². The normalized spacial score (nSPS) is 11.5. The Bertz CT molecular complexity index is 947. The van der Waals surface area contributed by atoms with Gasteiger partial charge in [0.1, 0.15) is 5.15 Å². The smallest absolute Gasteiger partial charge is 0.251 e. The summed E-state index contributed by atoms with van der Waals surface area (Å²) in [4.78, 5) is 31.2. The van der Waals surface area contributed by atoms with E-state index in [9.17, 15) is 9.59 Å². The predicted molar refractivity (Wildman–Crippen MR) is 113 cm³/mol. The first-order chi connectivity index (χ1) is 14.0. The third-order valence-corrected chi connectivity index (χ3v) is 4.78. The van der Waals surface area contributed by atoms with Gasteiger partial charge in [0.25, 0.3) is 5.91 Å². The highest BCUT2D eigenvalue weighted by atomic mass is 35.5. The van der Waals surface area contributed by atoms with E-state index in [0.29, 0.717) is 17.3 Å². The second-order valence-corrected chi connectivity index (χ2v) is 7.13. The van der Waals surface area contributed by atoms with Gasteiger partial charge in [0.05, 0.1) is 12.5 Å². The van der Waals surface area contributed by atoms with Crippen molar-refractivity contribution in [1.29, 1.82) is 0 Å². The third-order valence-electron chi connectivity index (χ3n) is 4.56. The Morgan fingerprint density at radius 3 is 2.28 bits per heavy atom. The van der Waals surface area contributed by atoms with E-state index < -0.39 is 6.04 Å². The van der Waals surface area contributed by atoms with Crippen molar-refractivity contribution in [3.05, 3.63) is 101 Å². The van der Waals surface area contributed by atoms with Crippen LogP contribution in [0.25, 0.3) is 0 Å². The lowest BCUT2D eigenvalue weighted by Gasteiger charge is -2.23. The molecule has 2 amide bonds. The Morgan fingerprint density at radius 2 is 1.66 bits per heavy atom. The number of carbonyl (C=O) groups is 2. The molecule has 0 saturated heterocycles. The molecule has 3 rings (SSSR count). The lowest BCUT2D eigenvalue weighted by Crippen LogP contribution is -2.34. The van der Waals surface area contributed by atoms with E-state index in [0.717, 1.165) is 11.1 Å². The standard InChI is InChI=1S/C23H22ClN3O2/c1-27(16-17-12-13-21(24)25-15-17)22(28)14-20(18-8-4-2-5-9-18)26-23(29)19-10-6-3-7-11-19/h2-13,15,20H,14,16H2,1H3,(H,26,29). The van der Waals surface area contributed by atoms with Crippen molar-refractivity contribution < 1.29 is 9.59 Å². The molecule has 148 valence electrons. The molecule has 6 heteroatoms. The monoisotopic (exact) mass is 407 g/mol. The zero-order valence-corrected chi connectivity index (χ0v) is 16.8. The Hall–Kier alpha value is -3.18. The van der Waals surface area contributed by atoms with Crippen molar-refractivity contribution in [2.75, 3.05) is 7.05 Å². The molecule has 0 aliphatic rings. The number of rotatable bonds is 7. The minimum absolute atomic E-state index is 0.0813. The van der Waals surface area contributed by atoms with Crippen molar-refractivity contribution in [3.63, 3.8) is 0 Å². The Balaban J connectivity index is 1.71. The average Bonchev–Trinajstić information content (AvgIpc) is 2.76. The predicted octanol–water partition coefficient (Wildman–Crippen LogP) is 4.25. The van der Waals surface area contributed by atoms with Gasteiger partial charge in [-0.1, -0.05) is 66.2 Å². The third kappa shape index (κ3) is 5.90. The average molecular weight is 408 g/mol. The molecular weight excluding hydrogens is 386 g/mol. The molecule has 2 aromatic carbocycles. The Labute approximate surface area is 175 Å². The van der Waals surface area contributed by atoms with E-state index in [2.05, 4.69) is 10.3 Å². The van der Waals surface area contributed by atoms with Crippen molar-refractivity contribution in [1.82, 2.24) is 15.2 Å². The number of halogens is 1. The number of nitrogens with one attached hydrogen (secondary N) is 1. The lowest BCUT2D eigenvalue weighted by atomic mass is 10.0. The van der Waals surface area contributed by atoms with Crippen LogP contribution in [0.5, 0.6) is 0 Å². The van der Waals surface area contributed by atoms with Gasteiger partial charge in [0.15, 0.2) is 0 Å². The molecule has 29 heavy (non-hydrogen) atoms. The summed E-state index contributed by atoms with van der Waals surface area (Å²) in [6.07, 6.45) is 1.80. The van der Waals surface area contributed by atoms with E-state index in [1.807, 2.05) is 54.6 Å². The number of nitrogens with zero attached hydrogens (tertiary/aromatic N) is 2. The van der Waals surface area contributed by atoms with Crippen molar-refractivity contribution >= 4 is 23.4 Å². The van der Waals surface area contributed by atoms with E-state index >= 15 is 0 Å². The first-order valence-corrected chi connectivity index (χ1v) is 9.66. The molecule has 1 aromatic heterocycles. The molecule has 0 saturated carbocycles. The summed E-state index contributed by atoms with van der Waals surface area (Å²) in [7, 11) is 1.73. The summed E-state index contributed by atoms with van der Waals surface area (Å²) in [5.41, 5.74) is 2.32. The number of hydrogen-bond acceptors (Lipinski definition) is 3. The molecule has 0 fully saturated rings. The molecule has 1 atom stereocenters. The minimum atomic E-state index is -0.429. The summed E-state index contributed by atoms with van der Waals surface area (Å²) in [5.74, 6) is -0.293. The number of pyridine rings is 1. The fourth-order valence-electron chi connectivity index (χ4n) is 2.96. The van der Waals surface area contributed by atoms with Gasteiger partial charge in [-0.25, -0.2) is 4.98 Å². The molecule has 0 bridgehead atoms. The number of benzene rings is 2. The molecule has 1 N–H and O–H groups in total. The molecule has 3 aromatic rings. The van der Waals surface area contributed by atoms with E-state index in [-0.39, 0.29) is 18.2 Å². The number of carbonyl (C=O) groups excluding carboxylic acids is 2. The van der Waals surface area contributed by atoms with Gasteiger partial charge in [-0.2, -0.15) is 0 Å². The maximum atomic E-state index is 12.8. The van der Waals surface area contributed by atoms with Gasteiger partial charge in [-0.05, 0) is 29.3 Å². The highest BCUT2D eigenvalue weighted by molar-refractivity contribution is 6.29. The SMILES string of the molecule is CN(Cc1ccc(Cl)nc1)C(=O)CC(NC(=O)c1ccccc1)c1ccccc1. The van der Waals surface area contributed by atoms with Crippen LogP contribution in [0.3, 0.4) is 0 Å². The maximum Gasteiger partial charge on any atom is 0.251 e. The van der Waals surface area contributed by atoms with Crippen LogP contribution in [0, 0.1) is 0 Å². The molecule has 0 spiro atoms. The maximum absolute atomic E-state index is 12.8. The molecule has 1 heterocycles. The van der Waals surface area contributed by atoms with Gasteiger partial charge in [-0.15, -0.1) is 0 Å². The first kappa shape index (κ1) is 20.6.